The minimum Gasteiger partial charge on any atom is -0.478 e. The molecule has 0 fully saturated rings. The molecule has 3 N–H and O–H groups in total. The molecule has 0 aromatic heterocycles. The van der Waals surface area contributed by atoms with E-state index in [-0.39, 0.29) is 22.9 Å². The third-order valence-electron chi connectivity index (χ3n) is 5.27. The van der Waals surface area contributed by atoms with Gasteiger partial charge in [-0.3, -0.25) is 0 Å². The lowest BCUT2D eigenvalue weighted by atomic mass is 9.96. The Hall–Kier alpha value is -2.29. The normalized spacial score (nSPS) is 12.3. The first-order valence-corrected chi connectivity index (χ1v) is 13.1. The molecule has 0 saturated carbocycles. The predicted molar refractivity (Wildman–Crippen MR) is 137 cm³/mol. The standard InChI is InChI=1S/C24H23Cl3N2O4S/c25-11-10-17(16-4-2-1-3-5-16)14-28-23-9-8-20(13-21(23)24(30)31)34(32,33)29-15-18-6-7-19(26)12-22(18)27/h1-9,12-13,17,28-29H,10-11,14-15H2,(H,30,31). The smallest absolute Gasteiger partial charge is 0.337 e. The Morgan fingerprint density at radius 3 is 2.38 bits per heavy atom. The highest BCUT2D eigenvalue weighted by molar-refractivity contribution is 7.89. The van der Waals surface area contributed by atoms with Crippen LogP contribution in [-0.2, 0) is 16.6 Å². The first-order valence-electron chi connectivity index (χ1n) is 10.4. The minimum atomic E-state index is -3.99. The molecule has 10 heteroatoms. The van der Waals surface area contributed by atoms with Crippen LogP contribution in [0.3, 0.4) is 0 Å². The summed E-state index contributed by atoms with van der Waals surface area (Å²) >= 11 is 17.9. The van der Waals surface area contributed by atoms with Crippen LogP contribution in [0.15, 0.2) is 71.6 Å². The number of benzene rings is 3. The monoisotopic (exact) mass is 540 g/mol. The minimum absolute atomic E-state index is 0.0644. The average molecular weight is 542 g/mol. The van der Waals surface area contributed by atoms with Crippen LogP contribution in [0.4, 0.5) is 5.69 Å². The first-order chi connectivity index (χ1) is 16.2. The van der Waals surface area contributed by atoms with Gasteiger partial charge < -0.3 is 10.4 Å². The van der Waals surface area contributed by atoms with Crippen molar-refractivity contribution in [2.45, 2.75) is 23.8 Å². The molecule has 0 aliphatic carbocycles. The Balaban J connectivity index is 1.78. The zero-order valence-electron chi connectivity index (χ0n) is 18.0. The van der Waals surface area contributed by atoms with E-state index < -0.39 is 16.0 Å². The highest BCUT2D eigenvalue weighted by atomic mass is 35.5. The summed E-state index contributed by atoms with van der Waals surface area (Å²) in [6, 6.07) is 18.5. The van der Waals surface area contributed by atoms with Crippen LogP contribution in [0.2, 0.25) is 10.0 Å². The zero-order chi connectivity index (χ0) is 24.7. The van der Waals surface area contributed by atoms with Gasteiger partial charge in [-0.15, -0.1) is 11.6 Å². The number of hydrogen-bond acceptors (Lipinski definition) is 4. The number of aromatic carboxylic acids is 1. The molecular formula is C24H23Cl3N2O4S. The largest absolute Gasteiger partial charge is 0.478 e. The Kier molecular flexibility index (Phi) is 9.22. The number of carbonyl (C=O) groups is 1. The SMILES string of the molecule is O=C(O)c1cc(S(=O)(=O)NCc2ccc(Cl)cc2Cl)ccc1NCC(CCCl)c1ccccc1. The van der Waals surface area contributed by atoms with E-state index in [1.165, 1.54) is 18.2 Å². The molecule has 0 bridgehead atoms. The second-order valence-electron chi connectivity index (χ2n) is 7.54. The van der Waals surface area contributed by atoms with Crippen LogP contribution in [0.25, 0.3) is 0 Å². The van der Waals surface area contributed by atoms with Gasteiger partial charge in [-0.2, -0.15) is 0 Å². The molecule has 6 nitrogen and oxygen atoms in total. The molecule has 34 heavy (non-hydrogen) atoms. The molecule has 1 atom stereocenters. The van der Waals surface area contributed by atoms with Crippen molar-refractivity contribution in [2.24, 2.45) is 0 Å². The van der Waals surface area contributed by atoms with Crippen molar-refractivity contribution in [1.82, 2.24) is 4.72 Å². The number of hydrogen-bond donors (Lipinski definition) is 3. The third-order valence-corrected chi connectivity index (χ3v) is 7.47. The molecule has 0 aliphatic rings. The van der Waals surface area contributed by atoms with Crippen LogP contribution in [-0.4, -0.2) is 31.9 Å². The number of alkyl halides is 1. The molecule has 0 saturated heterocycles. The van der Waals surface area contributed by atoms with Gasteiger partial charge in [0, 0.05) is 40.6 Å². The number of halogens is 3. The highest BCUT2D eigenvalue weighted by Gasteiger charge is 2.20. The number of sulfonamides is 1. The van der Waals surface area contributed by atoms with Crippen LogP contribution in [0.5, 0.6) is 0 Å². The maximum atomic E-state index is 12.8. The Morgan fingerprint density at radius 2 is 1.74 bits per heavy atom. The van der Waals surface area contributed by atoms with Crippen LogP contribution >= 0.6 is 34.8 Å². The number of carboxylic acids is 1. The van der Waals surface area contributed by atoms with Gasteiger partial charge in [-0.25, -0.2) is 17.9 Å². The maximum Gasteiger partial charge on any atom is 0.337 e. The summed E-state index contributed by atoms with van der Waals surface area (Å²) in [5, 5.41) is 13.6. The average Bonchev–Trinajstić information content (AvgIpc) is 2.81. The van der Waals surface area contributed by atoms with Gasteiger partial charge in [0.1, 0.15) is 0 Å². The lowest BCUT2D eigenvalue weighted by Crippen LogP contribution is -2.24. The number of anilines is 1. The van der Waals surface area contributed by atoms with Gasteiger partial charge >= 0.3 is 5.97 Å². The summed E-state index contributed by atoms with van der Waals surface area (Å²) < 4.78 is 28.0. The van der Waals surface area contributed by atoms with Crippen molar-refractivity contribution in [1.29, 1.82) is 0 Å². The van der Waals surface area contributed by atoms with E-state index in [2.05, 4.69) is 10.0 Å². The fraction of sp³-hybridized carbons (Fsp3) is 0.208. The molecule has 0 heterocycles. The summed E-state index contributed by atoms with van der Waals surface area (Å²) in [6.45, 7) is 0.369. The van der Waals surface area contributed by atoms with Crippen molar-refractivity contribution in [3.05, 3.63) is 93.5 Å². The van der Waals surface area contributed by atoms with Crippen LogP contribution < -0.4 is 10.0 Å². The van der Waals surface area contributed by atoms with E-state index >= 15 is 0 Å². The van der Waals surface area contributed by atoms with Crippen molar-refractivity contribution in [3.63, 3.8) is 0 Å². The molecule has 3 aromatic rings. The first kappa shape index (κ1) is 26.3. The number of carboxylic acid groups (broad SMARTS) is 1. The Morgan fingerprint density at radius 1 is 1.00 bits per heavy atom. The van der Waals surface area contributed by atoms with Crippen molar-refractivity contribution >= 4 is 56.5 Å². The number of rotatable bonds is 11. The maximum absolute atomic E-state index is 12.8. The molecule has 0 aliphatic heterocycles. The van der Waals surface area contributed by atoms with Crippen LogP contribution in [0.1, 0.15) is 33.8 Å². The van der Waals surface area contributed by atoms with Gasteiger partial charge in [-0.05, 0) is 47.9 Å². The second-order valence-corrected chi connectivity index (χ2v) is 10.5. The summed E-state index contributed by atoms with van der Waals surface area (Å²) in [6.07, 6.45) is 0.699. The van der Waals surface area contributed by atoms with Gasteiger partial charge in [0.2, 0.25) is 10.0 Å². The quantitative estimate of drug-likeness (QED) is 0.259. The third kappa shape index (κ3) is 6.87. The molecule has 0 amide bonds. The van der Waals surface area contributed by atoms with Crippen molar-refractivity contribution < 1.29 is 18.3 Å². The predicted octanol–water partition coefficient (Wildman–Crippen LogP) is 5.99. The Labute approximate surface area is 213 Å². The van der Waals surface area contributed by atoms with E-state index in [4.69, 9.17) is 34.8 Å². The van der Waals surface area contributed by atoms with Crippen LogP contribution in [0, 0.1) is 0 Å². The molecule has 3 rings (SSSR count). The highest BCUT2D eigenvalue weighted by Crippen LogP contribution is 2.26. The van der Waals surface area contributed by atoms with Crippen molar-refractivity contribution in [2.75, 3.05) is 17.7 Å². The van der Waals surface area contributed by atoms with Gasteiger partial charge in [0.15, 0.2) is 0 Å². The fourth-order valence-electron chi connectivity index (χ4n) is 3.42. The summed E-state index contributed by atoms with van der Waals surface area (Å²) in [5.74, 6) is -0.725. The van der Waals surface area contributed by atoms with E-state index in [9.17, 15) is 18.3 Å². The zero-order valence-corrected chi connectivity index (χ0v) is 21.1. The molecule has 0 spiro atoms. The van der Waals surface area contributed by atoms with E-state index in [1.807, 2.05) is 30.3 Å². The summed E-state index contributed by atoms with van der Waals surface area (Å²) in [5.41, 5.74) is 1.79. The summed E-state index contributed by atoms with van der Waals surface area (Å²) in [4.78, 5) is 11.7. The van der Waals surface area contributed by atoms with E-state index in [0.29, 0.717) is 40.1 Å². The van der Waals surface area contributed by atoms with E-state index in [1.54, 1.807) is 12.1 Å². The fourth-order valence-corrected chi connectivity index (χ4v) is 5.19. The van der Waals surface area contributed by atoms with E-state index in [0.717, 1.165) is 11.6 Å². The summed E-state index contributed by atoms with van der Waals surface area (Å²) in [7, 11) is -3.99. The Bertz CT molecular complexity index is 1250. The topological polar surface area (TPSA) is 95.5 Å². The lowest BCUT2D eigenvalue weighted by Gasteiger charge is -2.19. The molecular weight excluding hydrogens is 519 g/mol. The molecule has 180 valence electrons. The van der Waals surface area contributed by atoms with Crippen molar-refractivity contribution in [3.8, 4) is 0 Å². The van der Waals surface area contributed by atoms with Gasteiger partial charge in [0.05, 0.1) is 10.5 Å². The molecule has 3 aromatic carbocycles. The van der Waals surface area contributed by atoms with Gasteiger partial charge in [-0.1, -0.05) is 59.6 Å². The van der Waals surface area contributed by atoms with Gasteiger partial charge in [0.25, 0.3) is 0 Å². The molecule has 1 unspecified atom stereocenters. The number of nitrogens with one attached hydrogen (secondary N) is 2. The second kappa shape index (κ2) is 11.9. The lowest BCUT2D eigenvalue weighted by molar-refractivity contribution is 0.0697. The molecule has 0 radical (unpaired) electrons.